The van der Waals surface area contributed by atoms with E-state index in [-0.39, 0.29) is 49.6 Å². The summed E-state index contributed by atoms with van der Waals surface area (Å²) in [6.07, 6.45) is 25.4. The molecule has 1 fully saturated rings. The second kappa shape index (κ2) is 13.5. The van der Waals surface area contributed by atoms with Crippen LogP contribution in [0.5, 0.6) is 0 Å². The minimum atomic E-state index is -2.52. The van der Waals surface area contributed by atoms with Crippen molar-refractivity contribution in [3.8, 4) is 0 Å². The van der Waals surface area contributed by atoms with E-state index >= 15 is 0 Å². The van der Waals surface area contributed by atoms with Crippen LogP contribution < -0.4 is 24.8 Å². The summed E-state index contributed by atoms with van der Waals surface area (Å²) in [5, 5.41) is 0. The van der Waals surface area contributed by atoms with Crippen LogP contribution in [0.25, 0.3) is 5.57 Å². The van der Waals surface area contributed by atoms with Gasteiger partial charge in [-0.2, -0.15) is 0 Å². The van der Waals surface area contributed by atoms with Gasteiger partial charge in [-0.25, -0.2) is 0 Å². The summed E-state index contributed by atoms with van der Waals surface area (Å²) in [5.74, 6) is 0.576. The van der Waals surface area contributed by atoms with Crippen molar-refractivity contribution in [2.24, 2.45) is 27.6 Å². The van der Waals surface area contributed by atoms with Gasteiger partial charge in [0.05, 0.1) is 0 Å². The Balaban J connectivity index is 0.00000240. The van der Waals surface area contributed by atoms with Crippen molar-refractivity contribution in [1.29, 1.82) is 0 Å². The Morgan fingerprint density at radius 3 is 2.09 bits per heavy atom. The Bertz CT molecular complexity index is 1530. The second-order valence-corrected chi connectivity index (χ2v) is 24.4. The molecule has 0 aromatic heterocycles. The van der Waals surface area contributed by atoms with Crippen molar-refractivity contribution in [1.82, 2.24) is 0 Å². The van der Waals surface area contributed by atoms with Gasteiger partial charge in [-0.15, -0.1) is 0 Å². The van der Waals surface area contributed by atoms with Crippen LogP contribution in [0.1, 0.15) is 138 Å². The van der Waals surface area contributed by atoms with E-state index < -0.39 is 21.3 Å². The summed E-state index contributed by atoms with van der Waals surface area (Å²) in [6, 6.07) is 9.48. The van der Waals surface area contributed by atoms with E-state index in [1.807, 2.05) is 12.1 Å². The zero-order valence-electron chi connectivity index (χ0n) is 30.6. The van der Waals surface area contributed by atoms with Crippen LogP contribution in [0.2, 0.25) is 3.12 Å². The topological polar surface area (TPSA) is 0 Å². The molecule has 3 atom stereocenters. The van der Waals surface area contributed by atoms with Crippen LogP contribution in [-0.2, 0) is 27.7 Å². The van der Waals surface area contributed by atoms with Crippen molar-refractivity contribution < 1.29 is 46.1 Å². The first-order valence-corrected chi connectivity index (χ1v) is 21.8. The molecule has 1 saturated carbocycles. The predicted molar refractivity (Wildman–Crippen MR) is 190 cm³/mol. The van der Waals surface area contributed by atoms with Gasteiger partial charge in [-0.05, 0) is 0 Å². The van der Waals surface area contributed by atoms with E-state index in [0.717, 1.165) is 6.42 Å². The van der Waals surface area contributed by atoms with Gasteiger partial charge in [-0.1, -0.05) is 0 Å². The molecule has 3 unspecified atom stereocenters. The SMILES string of the molecule is CCCC[C](CCCC)=[Zr+2]([C]1=CC=CC1)[C]1(C)C2=C3Cc4ccccc4C3=C3C=CCCC3C2(C)C(C)(C)C(C)(C)C1(C)C.[Cl-].[Cl-]. The van der Waals surface area contributed by atoms with Gasteiger partial charge in [0.15, 0.2) is 0 Å². The molecular formula is C43H60Cl2Zr. The van der Waals surface area contributed by atoms with E-state index in [4.69, 9.17) is 0 Å². The molecule has 0 saturated heterocycles. The number of hydrogen-bond donors (Lipinski definition) is 0. The third-order valence-electron chi connectivity index (χ3n) is 14.8. The minimum Gasteiger partial charge on any atom is -1.00 e. The average molecular weight is 739 g/mol. The Labute approximate surface area is 302 Å². The first-order valence-electron chi connectivity index (χ1n) is 18.1. The van der Waals surface area contributed by atoms with Gasteiger partial charge < -0.3 is 24.8 Å². The van der Waals surface area contributed by atoms with Gasteiger partial charge in [0, 0.05) is 0 Å². The molecule has 0 spiro atoms. The predicted octanol–water partition coefficient (Wildman–Crippen LogP) is 6.57. The van der Waals surface area contributed by atoms with E-state index in [1.165, 1.54) is 57.8 Å². The zero-order chi connectivity index (χ0) is 31.7. The van der Waals surface area contributed by atoms with Gasteiger partial charge >= 0.3 is 280 Å². The van der Waals surface area contributed by atoms with Crippen LogP contribution in [0.15, 0.2) is 74.6 Å². The number of hydrogen-bond acceptors (Lipinski definition) is 0. The molecule has 3 heteroatoms. The fourth-order valence-electron chi connectivity index (χ4n) is 11.1. The number of rotatable bonds is 8. The summed E-state index contributed by atoms with van der Waals surface area (Å²) in [4.78, 5) is 0. The molecule has 5 aliphatic rings. The molecule has 0 amide bonds. The Morgan fingerprint density at radius 1 is 0.826 bits per heavy atom. The smallest absolute Gasteiger partial charge is 1.00 e. The molecule has 0 radical (unpaired) electrons. The molecule has 0 aliphatic heterocycles. The average Bonchev–Trinajstić information content (AvgIpc) is 3.66. The summed E-state index contributed by atoms with van der Waals surface area (Å²) in [6.45, 7) is 26.7. The minimum absolute atomic E-state index is 0. The molecule has 0 heterocycles. The molecular weight excluding hydrogens is 679 g/mol. The largest absolute Gasteiger partial charge is 1.00 e. The second-order valence-electron chi connectivity index (χ2n) is 16.8. The van der Waals surface area contributed by atoms with Crippen molar-refractivity contribution in [3.63, 3.8) is 0 Å². The van der Waals surface area contributed by atoms with E-state index in [9.17, 15) is 0 Å². The van der Waals surface area contributed by atoms with Crippen molar-refractivity contribution in [2.75, 3.05) is 0 Å². The number of halogens is 2. The third-order valence-corrected chi connectivity index (χ3v) is 24.9. The number of fused-ring (bicyclic) bond motifs is 6. The standard InChI is InChI=1S/C29H37.C9H18.C5H5.2ClH.Zr/c1-18-25-22-17-19-13-9-10-14-20(19)24(22)21-15-11-12-16-23(21)29(25,8)28(6,7)27(4,5)26(18,2)3;1-3-5-7-9-8-6-4-2;1-2-4-5-3-1;;;/h9-11,13-15,23H,12,16-17H2,1-8H3;3-8H2,1-2H3;1-3H,4H2;2*1H;/q;;;;;+2/p-2. The quantitative estimate of drug-likeness (QED) is 0.283. The fraction of sp³-hybridized carbons (Fsp3) is 0.605. The number of unbranched alkanes of at least 4 members (excludes halogenated alkanes) is 2. The maximum Gasteiger partial charge on any atom is -1.00 e. The molecule has 0 bridgehead atoms. The van der Waals surface area contributed by atoms with E-state index in [2.05, 4.69) is 124 Å². The van der Waals surface area contributed by atoms with Crippen molar-refractivity contribution >= 4 is 8.78 Å². The zero-order valence-corrected chi connectivity index (χ0v) is 34.6. The summed E-state index contributed by atoms with van der Waals surface area (Å²) < 4.78 is 4.11. The Morgan fingerprint density at radius 2 is 1.48 bits per heavy atom. The van der Waals surface area contributed by atoms with Crippen LogP contribution in [0.3, 0.4) is 0 Å². The van der Waals surface area contributed by atoms with Gasteiger partial charge in [0.2, 0.25) is 0 Å². The van der Waals surface area contributed by atoms with E-state index in [1.54, 1.807) is 27.8 Å². The molecule has 0 nitrogen and oxygen atoms in total. The normalized spacial score (nSPS) is 29.0. The van der Waals surface area contributed by atoms with Crippen LogP contribution in [0.4, 0.5) is 0 Å². The molecule has 5 aliphatic carbocycles. The van der Waals surface area contributed by atoms with Crippen molar-refractivity contribution in [2.45, 2.75) is 137 Å². The van der Waals surface area contributed by atoms with Crippen LogP contribution >= 0.6 is 0 Å². The fourth-order valence-corrected chi connectivity index (χ4v) is 23.0. The monoisotopic (exact) mass is 736 g/mol. The molecule has 1 aromatic rings. The Hall–Kier alpha value is -0.747. The maximum absolute atomic E-state index is 2.88. The maximum atomic E-state index is 2.88. The molecule has 6 rings (SSSR count). The van der Waals surface area contributed by atoms with E-state index in [0.29, 0.717) is 5.92 Å². The van der Waals surface area contributed by atoms with Crippen molar-refractivity contribution in [3.05, 3.63) is 85.8 Å². The summed E-state index contributed by atoms with van der Waals surface area (Å²) in [7, 11) is 0. The summed E-state index contributed by atoms with van der Waals surface area (Å²) in [5.41, 5.74) is 10.7. The number of allylic oxidation sites excluding steroid dienone is 10. The number of benzene rings is 1. The van der Waals surface area contributed by atoms with Gasteiger partial charge in [0.25, 0.3) is 0 Å². The van der Waals surface area contributed by atoms with Crippen LogP contribution in [0, 0.1) is 27.6 Å². The molecule has 1 aromatic carbocycles. The summed E-state index contributed by atoms with van der Waals surface area (Å²) >= 11 is -2.52. The molecule has 0 N–H and O–H groups in total. The van der Waals surface area contributed by atoms with Gasteiger partial charge in [-0.3, -0.25) is 0 Å². The van der Waals surface area contributed by atoms with Crippen LogP contribution in [-0.4, -0.2) is 3.21 Å². The first-order chi connectivity index (χ1) is 20.8. The first kappa shape index (κ1) is 38.1. The third kappa shape index (κ3) is 5.00. The molecule has 250 valence electrons. The molecule has 46 heavy (non-hydrogen) atoms. The Kier molecular flexibility index (Phi) is 11.2. The van der Waals surface area contributed by atoms with Gasteiger partial charge in [0.1, 0.15) is 0 Å².